The molecule has 7 nitrogen and oxygen atoms in total. The predicted octanol–water partition coefficient (Wildman–Crippen LogP) is 0.901. The number of Topliss-reactive ketones (excluding diaryl/α,β-unsaturated/α-hetero) is 1. The molecule has 1 fully saturated rings. The molecule has 116 valence electrons. The summed E-state index contributed by atoms with van der Waals surface area (Å²) < 4.78 is 27.3. The van der Waals surface area contributed by atoms with Crippen LogP contribution in [0.15, 0.2) is 21.6 Å². The van der Waals surface area contributed by atoms with Crippen LogP contribution >= 0.6 is 0 Å². The zero-order valence-electron chi connectivity index (χ0n) is 11.7. The minimum absolute atomic E-state index is 0.00118. The Hall–Kier alpha value is -1.67. The van der Waals surface area contributed by atoms with Crippen molar-refractivity contribution in [3.05, 3.63) is 17.9 Å². The summed E-state index contributed by atoms with van der Waals surface area (Å²) in [5.41, 5.74) is 0. The Bertz CT molecular complexity index is 649. The van der Waals surface area contributed by atoms with Crippen molar-refractivity contribution < 1.29 is 22.4 Å². The summed E-state index contributed by atoms with van der Waals surface area (Å²) in [4.78, 5) is 25.8. The lowest BCUT2D eigenvalue weighted by Gasteiger charge is -2.34. The van der Waals surface area contributed by atoms with Crippen molar-refractivity contribution in [2.75, 3.05) is 6.54 Å². The highest BCUT2D eigenvalue weighted by Crippen LogP contribution is 2.22. The summed E-state index contributed by atoms with van der Waals surface area (Å²) in [7, 11) is -3.99. The lowest BCUT2D eigenvalue weighted by Crippen LogP contribution is -2.47. The monoisotopic (exact) mass is 314 g/mol. The first-order valence-electron chi connectivity index (χ1n) is 6.81. The van der Waals surface area contributed by atoms with E-state index in [-0.39, 0.29) is 11.5 Å². The lowest BCUT2D eigenvalue weighted by atomic mass is 9.97. The molecule has 1 atom stereocenters. The van der Waals surface area contributed by atoms with Gasteiger partial charge in [-0.05, 0) is 31.4 Å². The van der Waals surface area contributed by atoms with Crippen LogP contribution in [0, 0.1) is 0 Å². The molecule has 0 aliphatic carbocycles. The van der Waals surface area contributed by atoms with E-state index >= 15 is 0 Å². The molecule has 1 aliphatic rings. The highest BCUT2D eigenvalue weighted by molar-refractivity contribution is 7.89. The van der Waals surface area contributed by atoms with E-state index in [1.807, 2.05) is 0 Å². The third-order valence-electron chi connectivity index (χ3n) is 3.56. The molecule has 1 saturated heterocycles. The first-order valence-corrected chi connectivity index (χ1v) is 8.35. The SMILES string of the molecule is CCC(=O)C1CCCCN1C(=O)c1ccc(S(N)(=O)=O)o1. The number of ketones is 1. The van der Waals surface area contributed by atoms with Crippen LogP contribution in [0.4, 0.5) is 0 Å². The Morgan fingerprint density at radius 1 is 1.38 bits per heavy atom. The Morgan fingerprint density at radius 3 is 2.67 bits per heavy atom. The number of sulfonamides is 1. The summed E-state index contributed by atoms with van der Waals surface area (Å²) in [6, 6.07) is 1.95. The molecule has 2 rings (SSSR count). The van der Waals surface area contributed by atoms with E-state index in [4.69, 9.17) is 9.56 Å². The van der Waals surface area contributed by atoms with E-state index in [0.717, 1.165) is 18.9 Å². The van der Waals surface area contributed by atoms with Gasteiger partial charge in [0.25, 0.3) is 15.9 Å². The Balaban J connectivity index is 2.25. The topological polar surface area (TPSA) is 111 Å². The second-order valence-corrected chi connectivity index (χ2v) is 6.49. The van der Waals surface area contributed by atoms with Crippen molar-refractivity contribution in [1.29, 1.82) is 0 Å². The third kappa shape index (κ3) is 3.33. The molecule has 1 unspecified atom stereocenters. The van der Waals surface area contributed by atoms with Crippen LogP contribution in [0.3, 0.4) is 0 Å². The van der Waals surface area contributed by atoms with Gasteiger partial charge >= 0.3 is 0 Å². The summed E-state index contributed by atoms with van der Waals surface area (Å²) in [5.74, 6) is -0.590. The minimum Gasteiger partial charge on any atom is -0.438 e. The van der Waals surface area contributed by atoms with Crippen LogP contribution in [0.25, 0.3) is 0 Å². The van der Waals surface area contributed by atoms with Crippen LogP contribution in [-0.4, -0.2) is 37.6 Å². The predicted molar refractivity (Wildman–Crippen MR) is 74.1 cm³/mol. The van der Waals surface area contributed by atoms with Crippen molar-refractivity contribution in [3.8, 4) is 0 Å². The first kappa shape index (κ1) is 15.7. The first-order chi connectivity index (χ1) is 9.84. The molecule has 1 aromatic heterocycles. The molecule has 0 bridgehead atoms. The van der Waals surface area contributed by atoms with Crippen molar-refractivity contribution in [3.63, 3.8) is 0 Å². The summed E-state index contributed by atoms with van der Waals surface area (Å²) in [6.07, 6.45) is 2.68. The number of primary sulfonamides is 1. The van der Waals surface area contributed by atoms with Crippen molar-refractivity contribution in [1.82, 2.24) is 4.90 Å². The van der Waals surface area contributed by atoms with Gasteiger partial charge < -0.3 is 9.32 Å². The van der Waals surface area contributed by atoms with E-state index in [9.17, 15) is 18.0 Å². The minimum atomic E-state index is -3.99. The molecule has 8 heteroatoms. The maximum Gasteiger partial charge on any atom is 0.290 e. The summed E-state index contributed by atoms with van der Waals surface area (Å²) in [6.45, 7) is 2.21. The van der Waals surface area contributed by atoms with Crippen LogP contribution in [0.5, 0.6) is 0 Å². The van der Waals surface area contributed by atoms with Gasteiger partial charge in [-0.2, -0.15) is 0 Å². The Morgan fingerprint density at radius 2 is 2.10 bits per heavy atom. The zero-order chi connectivity index (χ0) is 15.6. The van der Waals surface area contributed by atoms with E-state index in [0.29, 0.717) is 19.4 Å². The number of furan rings is 1. The number of nitrogens with zero attached hydrogens (tertiary/aromatic N) is 1. The van der Waals surface area contributed by atoms with E-state index in [1.165, 1.54) is 11.0 Å². The van der Waals surface area contributed by atoms with Crippen LogP contribution in [-0.2, 0) is 14.8 Å². The lowest BCUT2D eigenvalue weighted by molar-refractivity contribution is -0.124. The maximum atomic E-state index is 12.4. The molecule has 0 aromatic carbocycles. The van der Waals surface area contributed by atoms with E-state index < -0.39 is 27.1 Å². The number of hydrogen-bond donors (Lipinski definition) is 1. The number of nitrogens with two attached hydrogens (primary N) is 1. The molecular weight excluding hydrogens is 296 g/mol. The Kier molecular flexibility index (Phi) is 4.48. The second-order valence-electron chi connectivity index (χ2n) is 4.99. The normalized spacial score (nSPS) is 19.5. The largest absolute Gasteiger partial charge is 0.438 e. The molecule has 2 N–H and O–H groups in total. The molecule has 0 radical (unpaired) electrons. The highest BCUT2D eigenvalue weighted by atomic mass is 32.2. The fourth-order valence-electron chi connectivity index (χ4n) is 2.47. The van der Waals surface area contributed by atoms with Gasteiger partial charge in [0.1, 0.15) is 0 Å². The zero-order valence-corrected chi connectivity index (χ0v) is 12.6. The molecule has 1 aliphatic heterocycles. The quantitative estimate of drug-likeness (QED) is 0.887. The number of carbonyl (C=O) groups excluding carboxylic acids is 2. The van der Waals surface area contributed by atoms with Crippen molar-refractivity contribution in [2.24, 2.45) is 5.14 Å². The molecule has 0 spiro atoms. The molecule has 21 heavy (non-hydrogen) atoms. The van der Waals surface area contributed by atoms with Crippen LogP contribution in [0.1, 0.15) is 43.2 Å². The molecular formula is C13H18N2O5S. The smallest absolute Gasteiger partial charge is 0.290 e. The second kappa shape index (κ2) is 5.98. The van der Waals surface area contributed by atoms with Gasteiger partial charge in [-0.3, -0.25) is 9.59 Å². The molecule has 2 heterocycles. The fourth-order valence-corrected chi connectivity index (χ4v) is 2.94. The fraction of sp³-hybridized carbons (Fsp3) is 0.538. The number of carbonyl (C=O) groups is 2. The highest BCUT2D eigenvalue weighted by Gasteiger charge is 2.33. The molecule has 1 aromatic rings. The van der Waals surface area contributed by atoms with E-state index in [1.54, 1.807) is 6.92 Å². The number of piperidine rings is 1. The van der Waals surface area contributed by atoms with E-state index in [2.05, 4.69) is 0 Å². The van der Waals surface area contributed by atoms with Gasteiger partial charge in [0.15, 0.2) is 11.5 Å². The summed E-state index contributed by atoms with van der Waals surface area (Å²) in [5, 5.41) is 4.49. The van der Waals surface area contributed by atoms with Gasteiger partial charge in [0, 0.05) is 13.0 Å². The van der Waals surface area contributed by atoms with Gasteiger partial charge in [-0.15, -0.1) is 0 Å². The number of likely N-dealkylation sites (tertiary alicyclic amines) is 1. The van der Waals surface area contributed by atoms with Gasteiger partial charge in [-0.25, -0.2) is 13.6 Å². The number of hydrogen-bond acceptors (Lipinski definition) is 5. The summed E-state index contributed by atoms with van der Waals surface area (Å²) >= 11 is 0. The Labute approximate surface area is 123 Å². The average Bonchev–Trinajstić information content (AvgIpc) is 2.95. The average molecular weight is 314 g/mol. The molecule has 0 saturated carbocycles. The van der Waals surface area contributed by atoms with Gasteiger partial charge in [-0.1, -0.05) is 6.92 Å². The number of rotatable bonds is 4. The van der Waals surface area contributed by atoms with Crippen LogP contribution in [0.2, 0.25) is 0 Å². The third-order valence-corrected chi connectivity index (χ3v) is 4.34. The van der Waals surface area contributed by atoms with Crippen molar-refractivity contribution >= 4 is 21.7 Å². The molecule has 1 amide bonds. The van der Waals surface area contributed by atoms with Gasteiger partial charge in [0.2, 0.25) is 5.09 Å². The maximum absolute atomic E-state index is 12.4. The standard InChI is InChI=1S/C13H18N2O5S/c1-2-10(16)9-5-3-4-8-15(9)13(17)11-6-7-12(20-11)21(14,18)19/h6-7,9H,2-5,8H2,1H3,(H2,14,18,19). The van der Waals surface area contributed by atoms with Crippen molar-refractivity contribution in [2.45, 2.75) is 43.7 Å². The van der Waals surface area contributed by atoms with Gasteiger partial charge in [0.05, 0.1) is 6.04 Å². The number of amides is 1. The van der Waals surface area contributed by atoms with Crippen LogP contribution < -0.4 is 5.14 Å².